The van der Waals surface area contributed by atoms with Crippen LogP contribution >= 0.6 is 0 Å². The van der Waals surface area contributed by atoms with Gasteiger partial charge >= 0.3 is 0 Å². The molecule has 84 valence electrons. The van der Waals surface area contributed by atoms with E-state index in [-0.39, 0.29) is 6.10 Å². The first-order chi connectivity index (χ1) is 7.90. The zero-order valence-electron chi connectivity index (χ0n) is 9.19. The minimum Gasteiger partial charge on any atom is -0.488 e. The maximum Gasteiger partial charge on any atom is 0.124 e. The Bertz CT molecular complexity index is 378. The summed E-state index contributed by atoms with van der Waals surface area (Å²) in [5.74, 6) is 0.819. The van der Waals surface area contributed by atoms with Crippen molar-refractivity contribution in [2.45, 2.75) is 25.4 Å². The van der Waals surface area contributed by atoms with Crippen LogP contribution in [-0.4, -0.2) is 19.3 Å². The van der Waals surface area contributed by atoms with Crippen molar-refractivity contribution in [3.8, 4) is 11.8 Å². The first-order valence-corrected chi connectivity index (χ1v) is 5.59. The normalized spacial score (nSPS) is 20.1. The lowest BCUT2D eigenvalue weighted by Gasteiger charge is -2.24. The van der Waals surface area contributed by atoms with E-state index in [1.165, 1.54) is 0 Å². The average Bonchev–Trinajstić information content (AvgIpc) is 2.33. The molecule has 2 rings (SSSR count). The summed E-state index contributed by atoms with van der Waals surface area (Å²) < 4.78 is 11.2. The summed E-state index contributed by atoms with van der Waals surface area (Å²) >= 11 is 0. The molecule has 16 heavy (non-hydrogen) atoms. The average molecular weight is 217 g/mol. The van der Waals surface area contributed by atoms with Crippen molar-refractivity contribution in [1.82, 2.24) is 0 Å². The summed E-state index contributed by atoms with van der Waals surface area (Å²) in [5, 5.41) is 8.72. The van der Waals surface area contributed by atoms with Crippen LogP contribution < -0.4 is 4.74 Å². The van der Waals surface area contributed by atoms with E-state index in [0.29, 0.717) is 13.0 Å². The first-order valence-electron chi connectivity index (χ1n) is 5.59. The molecule has 0 bridgehead atoms. The van der Waals surface area contributed by atoms with Crippen LogP contribution in [0.15, 0.2) is 24.3 Å². The lowest BCUT2D eigenvalue weighted by Crippen LogP contribution is -2.28. The van der Waals surface area contributed by atoms with Crippen molar-refractivity contribution in [3.05, 3.63) is 29.8 Å². The number of hydrogen-bond acceptors (Lipinski definition) is 3. The van der Waals surface area contributed by atoms with Crippen molar-refractivity contribution in [1.29, 1.82) is 5.26 Å². The Hall–Kier alpha value is -1.53. The molecule has 1 atom stereocenters. The lowest BCUT2D eigenvalue weighted by molar-refractivity contribution is 0.00710. The van der Waals surface area contributed by atoms with E-state index < -0.39 is 0 Å². The van der Waals surface area contributed by atoms with Gasteiger partial charge in [-0.05, 0) is 18.9 Å². The van der Waals surface area contributed by atoms with E-state index in [0.717, 1.165) is 30.8 Å². The summed E-state index contributed by atoms with van der Waals surface area (Å²) in [6.07, 6.45) is 2.60. The summed E-state index contributed by atoms with van der Waals surface area (Å²) in [6.45, 7) is 1.49. The Morgan fingerprint density at radius 2 is 2.31 bits per heavy atom. The third-order valence-corrected chi connectivity index (χ3v) is 2.65. The van der Waals surface area contributed by atoms with E-state index in [2.05, 4.69) is 6.07 Å². The third kappa shape index (κ3) is 2.74. The fraction of sp³-hybridized carbons (Fsp3) is 0.462. The highest BCUT2D eigenvalue weighted by molar-refractivity contribution is 5.35. The van der Waals surface area contributed by atoms with Crippen LogP contribution in [0.2, 0.25) is 0 Å². The van der Waals surface area contributed by atoms with Crippen LogP contribution in [0.4, 0.5) is 0 Å². The second kappa shape index (κ2) is 5.53. The van der Waals surface area contributed by atoms with Gasteiger partial charge in [-0.15, -0.1) is 0 Å². The van der Waals surface area contributed by atoms with Gasteiger partial charge in [0, 0.05) is 12.2 Å². The zero-order valence-corrected chi connectivity index (χ0v) is 9.19. The first kappa shape index (κ1) is 11.0. The molecule has 0 amide bonds. The topological polar surface area (TPSA) is 42.2 Å². The van der Waals surface area contributed by atoms with Crippen molar-refractivity contribution in [2.75, 3.05) is 13.2 Å². The molecule has 1 fully saturated rings. The van der Waals surface area contributed by atoms with Gasteiger partial charge in [0.2, 0.25) is 0 Å². The Labute approximate surface area is 95.6 Å². The molecule has 0 radical (unpaired) electrons. The molecule has 3 nitrogen and oxygen atoms in total. The monoisotopic (exact) mass is 217 g/mol. The van der Waals surface area contributed by atoms with Crippen LogP contribution in [0.5, 0.6) is 5.75 Å². The minimum atomic E-state index is 0.133. The molecule has 1 saturated heterocycles. The SMILES string of the molecule is N#CCc1ccccc1OC1CCCOC1. The van der Waals surface area contributed by atoms with Gasteiger partial charge in [0.05, 0.1) is 19.1 Å². The lowest BCUT2D eigenvalue weighted by atomic mass is 10.1. The standard InChI is InChI=1S/C13H15NO2/c14-8-7-11-4-1-2-6-13(11)16-12-5-3-9-15-10-12/h1-2,4,6,12H,3,5,7,9-10H2. The summed E-state index contributed by atoms with van der Waals surface area (Å²) in [6, 6.07) is 9.86. The van der Waals surface area contributed by atoms with Crippen molar-refractivity contribution in [3.63, 3.8) is 0 Å². The van der Waals surface area contributed by atoms with Gasteiger partial charge < -0.3 is 9.47 Å². The molecule has 1 unspecified atom stereocenters. The molecule has 1 aromatic carbocycles. The molecule has 0 aliphatic carbocycles. The highest BCUT2D eigenvalue weighted by Crippen LogP contribution is 2.22. The molecule has 0 N–H and O–H groups in total. The fourth-order valence-electron chi connectivity index (χ4n) is 1.83. The Balaban J connectivity index is 2.05. The molecule has 3 heteroatoms. The van der Waals surface area contributed by atoms with E-state index >= 15 is 0 Å². The van der Waals surface area contributed by atoms with E-state index in [4.69, 9.17) is 14.7 Å². The summed E-state index contributed by atoms with van der Waals surface area (Å²) in [5.41, 5.74) is 0.954. The van der Waals surface area contributed by atoms with Crippen LogP contribution in [0.1, 0.15) is 18.4 Å². The van der Waals surface area contributed by atoms with Crippen LogP contribution in [-0.2, 0) is 11.2 Å². The second-order valence-electron chi connectivity index (χ2n) is 3.90. The molecular formula is C13H15NO2. The number of nitriles is 1. The molecule has 0 aromatic heterocycles. The van der Waals surface area contributed by atoms with Crippen molar-refractivity contribution >= 4 is 0 Å². The largest absolute Gasteiger partial charge is 0.488 e. The summed E-state index contributed by atoms with van der Waals surface area (Å²) in [4.78, 5) is 0. The fourth-order valence-corrected chi connectivity index (χ4v) is 1.83. The van der Waals surface area contributed by atoms with E-state index in [1.807, 2.05) is 24.3 Å². The predicted molar refractivity (Wildman–Crippen MR) is 60.2 cm³/mol. The van der Waals surface area contributed by atoms with E-state index in [9.17, 15) is 0 Å². The van der Waals surface area contributed by atoms with Gasteiger partial charge in [0.25, 0.3) is 0 Å². The maximum atomic E-state index is 8.72. The number of para-hydroxylation sites is 1. The molecular weight excluding hydrogens is 202 g/mol. The number of ether oxygens (including phenoxy) is 2. The van der Waals surface area contributed by atoms with Gasteiger partial charge in [-0.2, -0.15) is 5.26 Å². The molecule has 1 heterocycles. The Morgan fingerprint density at radius 1 is 1.44 bits per heavy atom. The van der Waals surface area contributed by atoms with Gasteiger partial charge in [-0.1, -0.05) is 18.2 Å². The van der Waals surface area contributed by atoms with E-state index in [1.54, 1.807) is 0 Å². The second-order valence-corrected chi connectivity index (χ2v) is 3.90. The third-order valence-electron chi connectivity index (χ3n) is 2.65. The quantitative estimate of drug-likeness (QED) is 0.780. The number of benzene rings is 1. The molecule has 1 aliphatic rings. The minimum absolute atomic E-state index is 0.133. The predicted octanol–water partition coefficient (Wildman–Crippen LogP) is 2.31. The molecule has 1 aromatic rings. The van der Waals surface area contributed by atoms with Crippen LogP contribution in [0, 0.1) is 11.3 Å². The van der Waals surface area contributed by atoms with Gasteiger partial charge in [-0.3, -0.25) is 0 Å². The van der Waals surface area contributed by atoms with Gasteiger partial charge in [0.1, 0.15) is 11.9 Å². The Morgan fingerprint density at radius 3 is 3.06 bits per heavy atom. The van der Waals surface area contributed by atoms with Crippen LogP contribution in [0.3, 0.4) is 0 Å². The van der Waals surface area contributed by atoms with Crippen LogP contribution in [0.25, 0.3) is 0 Å². The summed E-state index contributed by atoms with van der Waals surface area (Å²) in [7, 11) is 0. The molecule has 0 saturated carbocycles. The van der Waals surface area contributed by atoms with Crippen molar-refractivity contribution in [2.24, 2.45) is 0 Å². The molecule has 0 spiro atoms. The maximum absolute atomic E-state index is 8.72. The number of hydrogen-bond donors (Lipinski definition) is 0. The van der Waals surface area contributed by atoms with Gasteiger partial charge in [-0.25, -0.2) is 0 Å². The van der Waals surface area contributed by atoms with Crippen molar-refractivity contribution < 1.29 is 9.47 Å². The highest BCUT2D eigenvalue weighted by Gasteiger charge is 2.16. The number of nitrogens with zero attached hydrogens (tertiary/aromatic N) is 1. The molecule has 1 aliphatic heterocycles. The Kier molecular flexibility index (Phi) is 3.79. The number of rotatable bonds is 3. The highest BCUT2D eigenvalue weighted by atomic mass is 16.5. The smallest absolute Gasteiger partial charge is 0.124 e. The zero-order chi connectivity index (χ0) is 11.2. The van der Waals surface area contributed by atoms with Gasteiger partial charge in [0.15, 0.2) is 0 Å².